The first kappa shape index (κ1) is 13.1. The van der Waals surface area contributed by atoms with E-state index in [4.69, 9.17) is 17.3 Å². The summed E-state index contributed by atoms with van der Waals surface area (Å²) < 4.78 is 2.00. The van der Waals surface area contributed by atoms with Gasteiger partial charge >= 0.3 is 0 Å². The fourth-order valence-electron chi connectivity index (χ4n) is 2.28. The quantitative estimate of drug-likeness (QED) is 0.923. The molecule has 2 rings (SSSR count). The van der Waals surface area contributed by atoms with Crippen LogP contribution in [-0.4, -0.2) is 9.78 Å². The second-order valence-corrected chi connectivity index (χ2v) is 4.79. The highest BCUT2D eigenvalue weighted by Gasteiger charge is 2.15. The molecule has 2 aromatic rings. The number of benzene rings is 1. The lowest BCUT2D eigenvalue weighted by Crippen LogP contribution is -1.99. The number of nitrogens with zero attached hydrogens (tertiary/aromatic N) is 2. The molecule has 1 aromatic heterocycles. The van der Waals surface area contributed by atoms with Gasteiger partial charge in [-0.25, -0.2) is 0 Å². The van der Waals surface area contributed by atoms with Crippen LogP contribution < -0.4 is 5.73 Å². The van der Waals surface area contributed by atoms with Gasteiger partial charge in [0.25, 0.3) is 0 Å². The smallest absolute Gasteiger partial charge is 0.0675 e. The predicted molar refractivity (Wildman–Crippen MR) is 75.7 cm³/mol. The van der Waals surface area contributed by atoms with Crippen LogP contribution in [0.3, 0.4) is 0 Å². The van der Waals surface area contributed by atoms with E-state index in [0.29, 0.717) is 6.54 Å². The lowest BCUT2D eigenvalue weighted by molar-refractivity contribution is 0.634. The van der Waals surface area contributed by atoms with E-state index in [0.717, 1.165) is 39.6 Å². The fourth-order valence-corrected chi connectivity index (χ4v) is 2.58. The Balaban J connectivity index is 2.58. The van der Waals surface area contributed by atoms with Gasteiger partial charge in [0.1, 0.15) is 0 Å². The molecule has 0 fully saturated rings. The molecule has 0 spiro atoms. The third-order valence-electron chi connectivity index (χ3n) is 3.22. The Kier molecular flexibility index (Phi) is 3.73. The van der Waals surface area contributed by atoms with Gasteiger partial charge in [-0.2, -0.15) is 5.10 Å². The SMILES string of the molecule is CCn1nc(C)c(-c2ccc(CN)cc2Cl)c1C. The van der Waals surface area contributed by atoms with Crippen LogP contribution in [-0.2, 0) is 13.1 Å². The number of hydrogen-bond donors (Lipinski definition) is 1. The number of nitrogens with two attached hydrogens (primary N) is 1. The molecule has 0 amide bonds. The summed E-state index contributed by atoms with van der Waals surface area (Å²) in [6.45, 7) is 7.55. The first-order valence-corrected chi connectivity index (χ1v) is 6.49. The van der Waals surface area contributed by atoms with Gasteiger partial charge in [0.2, 0.25) is 0 Å². The maximum Gasteiger partial charge on any atom is 0.0675 e. The summed E-state index contributed by atoms with van der Waals surface area (Å²) in [6, 6.07) is 5.98. The second-order valence-electron chi connectivity index (χ2n) is 4.38. The average molecular weight is 264 g/mol. The van der Waals surface area contributed by atoms with Crippen molar-refractivity contribution in [2.24, 2.45) is 5.73 Å². The van der Waals surface area contributed by atoms with Crippen molar-refractivity contribution in [2.45, 2.75) is 33.9 Å². The molecular formula is C14H18ClN3. The minimum atomic E-state index is 0.506. The van der Waals surface area contributed by atoms with Crippen molar-refractivity contribution in [3.8, 4) is 11.1 Å². The van der Waals surface area contributed by atoms with E-state index in [1.54, 1.807) is 0 Å². The maximum absolute atomic E-state index is 6.35. The monoisotopic (exact) mass is 263 g/mol. The van der Waals surface area contributed by atoms with Crippen molar-refractivity contribution >= 4 is 11.6 Å². The number of aromatic nitrogens is 2. The number of hydrogen-bond acceptors (Lipinski definition) is 2. The van der Waals surface area contributed by atoms with Crippen molar-refractivity contribution in [1.29, 1.82) is 0 Å². The molecule has 0 unspecified atom stereocenters. The van der Waals surface area contributed by atoms with Crippen LogP contribution in [0.2, 0.25) is 5.02 Å². The Hall–Kier alpha value is -1.32. The molecule has 0 saturated carbocycles. The number of rotatable bonds is 3. The van der Waals surface area contributed by atoms with Crippen LogP contribution in [0.25, 0.3) is 11.1 Å². The zero-order valence-electron chi connectivity index (χ0n) is 11.0. The molecule has 0 saturated heterocycles. The van der Waals surface area contributed by atoms with Crippen molar-refractivity contribution in [1.82, 2.24) is 9.78 Å². The van der Waals surface area contributed by atoms with Crippen molar-refractivity contribution < 1.29 is 0 Å². The Bertz CT molecular complexity index is 573. The number of aryl methyl sites for hydroxylation is 2. The van der Waals surface area contributed by atoms with Gasteiger partial charge in [0.05, 0.1) is 5.69 Å². The second kappa shape index (κ2) is 5.12. The Morgan fingerprint density at radius 2 is 2.06 bits per heavy atom. The van der Waals surface area contributed by atoms with E-state index in [1.165, 1.54) is 0 Å². The highest BCUT2D eigenvalue weighted by Crippen LogP contribution is 2.33. The van der Waals surface area contributed by atoms with Crippen LogP contribution in [0.5, 0.6) is 0 Å². The molecule has 18 heavy (non-hydrogen) atoms. The fraction of sp³-hybridized carbons (Fsp3) is 0.357. The molecule has 0 aliphatic rings. The Morgan fingerprint density at radius 3 is 2.56 bits per heavy atom. The Morgan fingerprint density at radius 1 is 1.33 bits per heavy atom. The Labute approximate surface area is 113 Å². The van der Waals surface area contributed by atoms with Crippen molar-refractivity contribution in [2.75, 3.05) is 0 Å². The molecule has 0 bridgehead atoms. The first-order chi connectivity index (χ1) is 8.58. The molecule has 3 nitrogen and oxygen atoms in total. The highest BCUT2D eigenvalue weighted by molar-refractivity contribution is 6.33. The molecule has 0 aliphatic carbocycles. The molecule has 2 N–H and O–H groups in total. The lowest BCUT2D eigenvalue weighted by atomic mass is 10.0. The lowest BCUT2D eigenvalue weighted by Gasteiger charge is -2.07. The molecule has 0 radical (unpaired) electrons. The zero-order valence-corrected chi connectivity index (χ0v) is 11.8. The van der Waals surface area contributed by atoms with Crippen LogP contribution in [0.4, 0.5) is 0 Å². The summed E-state index contributed by atoms with van der Waals surface area (Å²) >= 11 is 6.35. The summed E-state index contributed by atoms with van der Waals surface area (Å²) in [5.74, 6) is 0. The maximum atomic E-state index is 6.35. The highest BCUT2D eigenvalue weighted by atomic mass is 35.5. The normalized spacial score (nSPS) is 10.9. The largest absolute Gasteiger partial charge is 0.326 e. The molecule has 0 aliphatic heterocycles. The summed E-state index contributed by atoms with van der Waals surface area (Å²) in [6.07, 6.45) is 0. The van der Waals surface area contributed by atoms with Gasteiger partial charge in [-0.1, -0.05) is 23.7 Å². The molecule has 4 heteroatoms. The van der Waals surface area contributed by atoms with Crippen molar-refractivity contribution in [3.05, 3.63) is 40.2 Å². The van der Waals surface area contributed by atoms with E-state index < -0.39 is 0 Å². The van der Waals surface area contributed by atoms with E-state index >= 15 is 0 Å². The van der Waals surface area contributed by atoms with Crippen LogP contribution >= 0.6 is 11.6 Å². The van der Waals surface area contributed by atoms with Crippen LogP contribution in [0.15, 0.2) is 18.2 Å². The summed E-state index contributed by atoms with van der Waals surface area (Å²) in [7, 11) is 0. The van der Waals surface area contributed by atoms with Gasteiger partial charge in [-0.15, -0.1) is 0 Å². The first-order valence-electron chi connectivity index (χ1n) is 6.11. The van der Waals surface area contributed by atoms with Crippen LogP contribution in [0, 0.1) is 13.8 Å². The van der Waals surface area contributed by atoms with Gasteiger partial charge < -0.3 is 5.73 Å². The third kappa shape index (κ3) is 2.16. The van der Waals surface area contributed by atoms with Crippen LogP contribution in [0.1, 0.15) is 23.9 Å². The van der Waals surface area contributed by atoms with Gasteiger partial charge in [0.15, 0.2) is 0 Å². The summed E-state index contributed by atoms with van der Waals surface area (Å²) in [4.78, 5) is 0. The average Bonchev–Trinajstić information content (AvgIpc) is 2.64. The molecule has 96 valence electrons. The molecule has 0 atom stereocenters. The zero-order chi connectivity index (χ0) is 13.3. The standard InChI is InChI=1S/C14H18ClN3/c1-4-18-10(3)14(9(2)17-18)12-6-5-11(8-16)7-13(12)15/h5-7H,4,8,16H2,1-3H3. The van der Waals surface area contributed by atoms with E-state index in [9.17, 15) is 0 Å². The topological polar surface area (TPSA) is 43.8 Å². The summed E-state index contributed by atoms with van der Waals surface area (Å²) in [5.41, 5.74) is 11.0. The van der Waals surface area contributed by atoms with E-state index in [1.807, 2.05) is 29.8 Å². The minimum absolute atomic E-state index is 0.506. The minimum Gasteiger partial charge on any atom is -0.326 e. The van der Waals surface area contributed by atoms with Gasteiger partial charge in [-0.3, -0.25) is 4.68 Å². The predicted octanol–water partition coefficient (Wildman–Crippen LogP) is 3.30. The van der Waals surface area contributed by atoms with Gasteiger partial charge in [0, 0.05) is 34.9 Å². The summed E-state index contributed by atoms with van der Waals surface area (Å²) in [5, 5.41) is 5.26. The van der Waals surface area contributed by atoms with Crippen molar-refractivity contribution in [3.63, 3.8) is 0 Å². The molecule has 1 aromatic carbocycles. The van der Waals surface area contributed by atoms with E-state index in [2.05, 4.69) is 18.9 Å². The molecular weight excluding hydrogens is 246 g/mol. The molecule has 1 heterocycles. The van der Waals surface area contributed by atoms with E-state index in [-0.39, 0.29) is 0 Å². The number of halogens is 1. The van der Waals surface area contributed by atoms with Gasteiger partial charge in [-0.05, 0) is 32.4 Å². The third-order valence-corrected chi connectivity index (χ3v) is 3.53.